The number of benzene rings is 2. The molecular weight excluding hydrogens is 252 g/mol. The molecule has 0 aromatic heterocycles. The topological polar surface area (TPSA) is 63.4 Å². The lowest BCUT2D eigenvalue weighted by atomic mass is 9.83. The first-order valence-electron chi connectivity index (χ1n) is 6.68. The lowest BCUT2D eigenvalue weighted by Crippen LogP contribution is -2.59. The first-order chi connectivity index (χ1) is 9.59. The van der Waals surface area contributed by atoms with Gasteiger partial charge in [-0.1, -0.05) is 49.4 Å². The number of carbonyl (C=O) groups excluding carboxylic acids is 2. The lowest BCUT2D eigenvalue weighted by Gasteiger charge is -2.41. The number of nitrogens with two attached hydrogens (primary N) is 1. The van der Waals surface area contributed by atoms with Gasteiger partial charge in [0, 0.05) is 12.3 Å². The summed E-state index contributed by atoms with van der Waals surface area (Å²) in [5, 5.41) is 2.32. The molecule has 1 heterocycles. The van der Waals surface area contributed by atoms with Crippen molar-refractivity contribution in [3.63, 3.8) is 0 Å². The molecule has 102 valence electrons. The summed E-state index contributed by atoms with van der Waals surface area (Å²) in [6, 6.07) is 13.4. The minimum atomic E-state index is -0.654. The Balaban J connectivity index is 1.99. The van der Waals surface area contributed by atoms with Crippen molar-refractivity contribution in [2.45, 2.75) is 25.3 Å². The molecule has 0 spiro atoms. The van der Waals surface area contributed by atoms with Crippen LogP contribution in [0, 0.1) is 0 Å². The summed E-state index contributed by atoms with van der Waals surface area (Å²) in [6.45, 7) is 2.04. The van der Waals surface area contributed by atoms with Gasteiger partial charge in [0.05, 0.1) is 6.04 Å². The van der Waals surface area contributed by atoms with E-state index in [1.165, 1.54) is 4.90 Å². The van der Waals surface area contributed by atoms with Crippen molar-refractivity contribution in [1.29, 1.82) is 0 Å². The van der Waals surface area contributed by atoms with Crippen LogP contribution in [0.5, 0.6) is 0 Å². The van der Waals surface area contributed by atoms with Crippen LogP contribution in [0.15, 0.2) is 42.5 Å². The first-order valence-corrected chi connectivity index (χ1v) is 6.68. The van der Waals surface area contributed by atoms with Crippen LogP contribution in [0.1, 0.15) is 24.8 Å². The van der Waals surface area contributed by atoms with Gasteiger partial charge in [0.2, 0.25) is 5.91 Å². The van der Waals surface area contributed by atoms with Crippen molar-refractivity contribution in [2.24, 2.45) is 5.73 Å². The van der Waals surface area contributed by atoms with Crippen molar-refractivity contribution in [1.82, 2.24) is 4.90 Å². The van der Waals surface area contributed by atoms with E-state index in [4.69, 9.17) is 5.73 Å². The number of primary amides is 1. The Bertz CT molecular complexity index is 682. The van der Waals surface area contributed by atoms with Crippen LogP contribution in [0.25, 0.3) is 10.8 Å². The van der Waals surface area contributed by atoms with Crippen molar-refractivity contribution >= 4 is 22.7 Å². The highest BCUT2D eigenvalue weighted by molar-refractivity contribution is 5.99. The van der Waals surface area contributed by atoms with Gasteiger partial charge in [0.1, 0.15) is 0 Å². The zero-order chi connectivity index (χ0) is 14.3. The zero-order valence-electron chi connectivity index (χ0n) is 11.2. The Morgan fingerprint density at radius 1 is 1.25 bits per heavy atom. The number of amides is 3. The molecule has 1 aliphatic heterocycles. The second kappa shape index (κ2) is 4.63. The van der Waals surface area contributed by atoms with E-state index in [0.717, 1.165) is 16.3 Å². The van der Waals surface area contributed by atoms with E-state index in [1.54, 1.807) is 0 Å². The fourth-order valence-corrected chi connectivity index (χ4v) is 2.98. The number of likely N-dealkylation sites (tertiary alicyclic amines) is 1. The molecule has 0 aliphatic carbocycles. The highest BCUT2D eigenvalue weighted by Gasteiger charge is 2.43. The third kappa shape index (κ3) is 1.84. The van der Waals surface area contributed by atoms with Gasteiger partial charge in [-0.15, -0.1) is 0 Å². The number of β-lactam (4-membered cyclic amide) rings is 1. The maximum atomic E-state index is 11.5. The van der Waals surface area contributed by atoms with E-state index in [9.17, 15) is 9.59 Å². The predicted octanol–water partition coefficient (Wildman–Crippen LogP) is 2.62. The molecular formula is C16H16N2O2. The number of nitrogens with zero attached hydrogens (tertiary/aromatic N) is 1. The van der Waals surface area contributed by atoms with Gasteiger partial charge in [0.25, 0.3) is 0 Å². The van der Waals surface area contributed by atoms with E-state index >= 15 is 0 Å². The minimum Gasteiger partial charge on any atom is -0.351 e. The quantitative estimate of drug-likeness (QED) is 0.851. The average molecular weight is 268 g/mol. The van der Waals surface area contributed by atoms with Crippen molar-refractivity contribution in [3.05, 3.63) is 48.0 Å². The number of fused-ring (bicyclic) bond motifs is 1. The van der Waals surface area contributed by atoms with Gasteiger partial charge >= 0.3 is 6.03 Å². The fourth-order valence-electron chi connectivity index (χ4n) is 2.98. The summed E-state index contributed by atoms with van der Waals surface area (Å²) in [6.07, 6.45) is 0.382. The van der Waals surface area contributed by atoms with E-state index in [0.29, 0.717) is 6.42 Å². The van der Waals surface area contributed by atoms with Gasteiger partial charge in [0.15, 0.2) is 0 Å². The molecule has 0 radical (unpaired) electrons. The lowest BCUT2D eigenvalue weighted by molar-refractivity contribution is -0.141. The summed E-state index contributed by atoms with van der Waals surface area (Å²) in [7, 11) is 0. The SMILES string of the molecule is C[C@H](c1cccc2ccccc12)C1CC(=O)N1C(N)=O. The maximum absolute atomic E-state index is 11.5. The molecule has 2 aromatic rings. The third-order valence-corrected chi connectivity index (χ3v) is 4.11. The molecule has 0 saturated carbocycles. The first kappa shape index (κ1) is 12.7. The smallest absolute Gasteiger partial charge is 0.321 e. The third-order valence-electron chi connectivity index (χ3n) is 4.11. The number of hydrogen-bond donors (Lipinski definition) is 1. The predicted molar refractivity (Wildman–Crippen MR) is 77.2 cm³/mol. The standard InChI is InChI=1S/C16H16N2O2/c1-10(14-9-15(19)18(14)16(17)20)12-8-4-6-11-5-2-3-7-13(11)12/h2-8,10,14H,9H2,1H3,(H2,17,20)/t10-,14?/m1/s1. The Morgan fingerprint density at radius 2 is 1.95 bits per heavy atom. The van der Waals surface area contributed by atoms with Crippen LogP contribution < -0.4 is 5.73 Å². The highest BCUT2D eigenvalue weighted by atomic mass is 16.2. The van der Waals surface area contributed by atoms with Gasteiger partial charge in [-0.25, -0.2) is 4.79 Å². The summed E-state index contributed by atoms with van der Waals surface area (Å²) in [5.74, 6) is -0.110. The van der Waals surface area contributed by atoms with Crippen LogP contribution in [0.4, 0.5) is 4.79 Å². The molecule has 0 bridgehead atoms. The summed E-state index contributed by atoms with van der Waals surface area (Å²) in [5.41, 5.74) is 6.42. The number of imide groups is 1. The molecule has 4 nitrogen and oxygen atoms in total. The number of urea groups is 1. The van der Waals surface area contributed by atoms with Crippen molar-refractivity contribution < 1.29 is 9.59 Å². The molecule has 1 aliphatic rings. The fraction of sp³-hybridized carbons (Fsp3) is 0.250. The summed E-state index contributed by atoms with van der Waals surface area (Å²) >= 11 is 0. The molecule has 2 N–H and O–H groups in total. The van der Waals surface area contributed by atoms with Crippen LogP contribution in [0.2, 0.25) is 0 Å². The van der Waals surface area contributed by atoms with Gasteiger partial charge in [-0.2, -0.15) is 0 Å². The molecule has 4 heteroatoms. The highest BCUT2D eigenvalue weighted by Crippen LogP contribution is 2.35. The van der Waals surface area contributed by atoms with E-state index in [1.807, 2.05) is 25.1 Å². The average Bonchev–Trinajstić information content (AvgIpc) is 2.42. The van der Waals surface area contributed by atoms with E-state index in [-0.39, 0.29) is 17.9 Å². The monoisotopic (exact) mass is 268 g/mol. The number of carbonyl (C=O) groups is 2. The van der Waals surface area contributed by atoms with Crippen molar-refractivity contribution in [2.75, 3.05) is 0 Å². The second-order valence-corrected chi connectivity index (χ2v) is 5.23. The van der Waals surface area contributed by atoms with Crippen molar-refractivity contribution in [3.8, 4) is 0 Å². The Hall–Kier alpha value is -2.36. The van der Waals surface area contributed by atoms with Gasteiger partial charge in [-0.3, -0.25) is 9.69 Å². The Morgan fingerprint density at radius 3 is 2.65 bits per heavy atom. The van der Waals surface area contributed by atoms with E-state index in [2.05, 4.69) is 24.3 Å². The molecule has 1 saturated heterocycles. The van der Waals surface area contributed by atoms with Gasteiger partial charge in [-0.05, 0) is 16.3 Å². The molecule has 2 atom stereocenters. The number of rotatable bonds is 2. The summed E-state index contributed by atoms with van der Waals surface area (Å²) < 4.78 is 0. The zero-order valence-corrected chi connectivity index (χ0v) is 11.2. The summed E-state index contributed by atoms with van der Waals surface area (Å²) in [4.78, 5) is 24.0. The number of hydrogen-bond acceptors (Lipinski definition) is 2. The molecule has 3 amide bonds. The largest absolute Gasteiger partial charge is 0.351 e. The molecule has 20 heavy (non-hydrogen) atoms. The molecule has 3 rings (SSSR count). The van der Waals surface area contributed by atoms with Crippen LogP contribution in [-0.4, -0.2) is 22.9 Å². The second-order valence-electron chi connectivity index (χ2n) is 5.23. The molecule has 2 aromatic carbocycles. The molecule has 1 unspecified atom stereocenters. The van der Waals surface area contributed by atoms with Crippen LogP contribution in [0.3, 0.4) is 0 Å². The Labute approximate surface area is 117 Å². The van der Waals surface area contributed by atoms with Gasteiger partial charge < -0.3 is 5.73 Å². The normalized spacial score (nSPS) is 19.8. The molecule has 1 fully saturated rings. The Kier molecular flexibility index (Phi) is 2.93. The van der Waals surface area contributed by atoms with Crippen LogP contribution in [-0.2, 0) is 4.79 Å². The maximum Gasteiger partial charge on any atom is 0.321 e. The van der Waals surface area contributed by atoms with E-state index < -0.39 is 6.03 Å². The minimum absolute atomic E-state index is 0.0753. The van der Waals surface area contributed by atoms with Crippen LogP contribution >= 0.6 is 0 Å².